The van der Waals surface area contributed by atoms with Crippen molar-refractivity contribution in [1.82, 2.24) is 10.6 Å². The molecule has 0 unspecified atom stereocenters. The van der Waals surface area contributed by atoms with Crippen molar-refractivity contribution in [2.45, 2.75) is 0 Å². The highest BCUT2D eigenvalue weighted by molar-refractivity contribution is 5.67. The number of ether oxygens (including phenoxy) is 1. The van der Waals surface area contributed by atoms with Gasteiger partial charge in [0, 0.05) is 0 Å². The number of methoxy groups -OCH3 is 1. The van der Waals surface area contributed by atoms with Crippen molar-refractivity contribution in [2.24, 2.45) is 0 Å². The second-order valence-corrected chi connectivity index (χ2v) is 1.33. The Balaban J connectivity index is 2.43. The van der Waals surface area contributed by atoms with Gasteiger partial charge in [-0.3, -0.25) is 0 Å². The molecule has 1 aliphatic heterocycles. The van der Waals surface area contributed by atoms with Crippen LogP contribution < -0.4 is 5.59 Å². The van der Waals surface area contributed by atoms with Crippen molar-refractivity contribution in [3.05, 3.63) is 12.5 Å². The van der Waals surface area contributed by atoms with E-state index in [1.54, 1.807) is 0 Å². The van der Waals surface area contributed by atoms with Crippen LogP contribution in [-0.4, -0.2) is 18.2 Å². The summed E-state index contributed by atoms with van der Waals surface area (Å²) in [6, 6.07) is 0. The fraction of sp³-hybridized carbons (Fsp3) is 0.250. The zero-order valence-corrected chi connectivity index (χ0v) is 4.83. The fourth-order valence-electron chi connectivity index (χ4n) is 0.405. The molecule has 0 aromatic carbocycles. The molecular weight excluding hydrogens is 124 g/mol. The number of nitrogens with zero attached hydrogens (tertiary/aromatic N) is 1. The molecule has 0 fully saturated rings. The average Bonchev–Trinajstić information content (AvgIpc) is 2.37. The summed E-state index contributed by atoms with van der Waals surface area (Å²) in [5.41, 5.74) is 2.25. The maximum atomic E-state index is 10.5. The number of carbonyl (C=O) groups excluding carboxylic acids is 1. The first-order valence-electron chi connectivity index (χ1n) is 2.30. The van der Waals surface area contributed by atoms with Crippen LogP contribution >= 0.6 is 0 Å². The van der Waals surface area contributed by atoms with Crippen LogP contribution in [0, 0.1) is 0 Å². The zero-order chi connectivity index (χ0) is 6.69. The predicted octanol–water partition coefficient (Wildman–Crippen LogP) is -0.0242. The topological polar surface area (TPSA) is 50.8 Å². The minimum Gasteiger partial charge on any atom is -0.451 e. The van der Waals surface area contributed by atoms with Crippen LogP contribution in [0.3, 0.4) is 0 Å². The van der Waals surface area contributed by atoms with Crippen molar-refractivity contribution in [3.63, 3.8) is 0 Å². The Labute approximate surface area is 51.8 Å². The van der Waals surface area contributed by atoms with E-state index in [2.05, 4.69) is 15.2 Å². The molecule has 0 saturated carbocycles. The first kappa shape index (κ1) is 5.90. The van der Waals surface area contributed by atoms with Crippen LogP contribution in [0.15, 0.2) is 12.5 Å². The minimum atomic E-state index is -0.510. The van der Waals surface area contributed by atoms with E-state index in [1.807, 2.05) is 0 Å². The van der Waals surface area contributed by atoms with Crippen LogP contribution in [0.1, 0.15) is 0 Å². The van der Waals surface area contributed by atoms with Gasteiger partial charge < -0.3 is 9.57 Å². The number of amides is 1. The maximum Gasteiger partial charge on any atom is 0.430 e. The van der Waals surface area contributed by atoms with Gasteiger partial charge in [-0.15, -0.1) is 0 Å². The summed E-state index contributed by atoms with van der Waals surface area (Å²) in [7, 11) is 1.29. The molecule has 1 rings (SSSR count). The molecule has 5 nitrogen and oxygen atoms in total. The normalized spacial score (nSPS) is 15.4. The standard InChI is InChI=1S/C4H6N2O3/c1-8-4(7)6-2-3-9-5-6/h2-3,5H,1H3. The lowest BCUT2D eigenvalue weighted by atomic mass is 10.9. The average molecular weight is 130 g/mol. The van der Waals surface area contributed by atoms with Gasteiger partial charge in [-0.05, 0) is 0 Å². The molecule has 0 bridgehead atoms. The van der Waals surface area contributed by atoms with Gasteiger partial charge in [-0.1, -0.05) is 5.59 Å². The zero-order valence-electron chi connectivity index (χ0n) is 4.83. The third-order valence-electron chi connectivity index (χ3n) is 0.800. The van der Waals surface area contributed by atoms with E-state index >= 15 is 0 Å². The summed E-state index contributed by atoms with van der Waals surface area (Å²) >= 11 is 0. The molecular formula is C4H6N2O3. The van der Waals surface area contributed by atoms with E-state index in [9.17, 15) is 4.79 Å². The van der Waals surface area contributed by atoms with Gasteiger partial charge in [0.15, 0.2) is 0 Å². The van der Waals surface area contributed by atoms with Gasteiger partial charge in [0.05, 0.1) is 13.3 Å². The molecule has 0 saturated heterocycles. The number of hydrogen-bond acceptors (Lipinski definition) is 4. The highest BCUT2D eigenvalue weighted by Crippen LogP contribution is 1.95. The van der Waals surface area contributed by atoms with Crippen LogP contribution in [0.25, 0.3) is 0 Å². The van der Waals surface area contributed by atoms with Gasteiger partial charge in [0.1, 0.15) is 6.26 Å². The van der Waals surface area contributed by atoms with Gasteiger partial charge in [0.25, 0.3) is 0 Å². The van der Waals surface area contributed by atoms with E-state index in [0.29, 0.717) is 0 Å². The van der Waals surface area contributed by atoms with Gasteiger partial charge in [0.2, 0.25) is 0 Å². The monoisotopic (exact) mass is 130 g/mol. The van der Waals surface area contributed by atoms with Crippen LogP contribution in [0.2, 0.25) is 0 Å². The molecule has 0 aromatic heterocycles. The van der Waals surface area contributed by atoms with E-state index in [0.717, 1.165) is 5.01 Å². The summed E-state index contributed by atoms with van der Waals surface area (Å²) in [5, 5.41) is 1.07. The second-order valence-electron chi connectivity index (χ2n) is 1.33. The molecule has 0 aromatic rings. The summed E-state index contributed by atoms with van der Waals surface area (Å²) in [6.45, 7) is 0. The Morgan fingerprint density at radius 1 is 1.89 bits per heavy atom. The number of rotatable bonds is 0. The van der Waals surface area contributed by atoms with Crippen molar-refractivity contribution in [3.8, 4) is 0 Å². The molecule has 1 heterocycles. The molecule has 0 aliphatic carbocycles. The maximum absolute atomic E-state index is 10.5. The van der Waals surface area contributed by atoms with Gasteiger partial charge in [-0.25, -0.2) is 4.79 Å². The Hall–Kier alpha value is -1.23. The molecule has 50 valence electrons. The fourth-order valence-corrected chi connectivity index (χ4v) is 0.405. The minimum absolute atomic E-state index is 0.510. The Morgan fingerprint density at radius 2 is 2.67 bits per heavy atom. The van der Waals surface area contributed by atoms with Crippen LogP contribution in [-0.2, 0) is 9.57 Å². The quantitative estimate of drug-likeness (QED) is 0.500. The molecule has 9 heavy (non-hydrogen) atoms. The number of hydrogen-bond donors (Lipinski definition) is 1. The lowest BCUT2D eigenvalue weighted by Crippen LogP contribution is -2.33. The summed E-state index contributed by atoms with van der Waals surface area (Å²) in [4.78, 5) is 15.0. The van der Waals surface area contributed by atoms with Gasteiger partial charge >= 0.3 is 6.09 Å². The first-order valence-corrected chi connectivity index (χ1v) is 2.30. The van der Waals surface area contributed by atoms with Crippen LogP contribution in [0.4, 0.5) is 4.79 Å². The van der Waals surface area contributed by atoms with E-state index in [-0.39, 0.29) is 0 Å². The lowest BCUT2D eigenvalue weighted by molar-refractivity contribution is 0.0316. The van der Waals surface area contributed by atoms with Crippen LogP contribution in [0.5, 0.6) is 0 Å². The number of nitrogens with one attached hydrogen (secondary N) is 1. The van der Waals surface area contributed by atoms with Gasteiger partial charge in [-0.2, -0.15) is 5.01 Å². The molecule has 0 radical (unpaired) electrons. The molecule has 1 amide bonds. The third kappa shape index (κ3) is 1.11. The largest absolute Gasteiger partial charge is 0.451 e. The second kappa shape index (κ2) is 2.36. The SMILES string of the molecule is COC(=O)N1C=CON1. The van der Waals surface area contributed by atoms with Crippen molar-refractivity contribution in [2.75, 3.05) is 7.11 Å². The third-order valence-corrected chi connectivity index (χ3v) is 0.800. The summed E-state index contributed by atoms with van der Waals surface area (Å²) in [5.74, 6) is 0. The molecule has 1 aliphatic rings. The Morgan fingerprint density at radius 3 is 3.11 bits per heavy atom. The summed E-state index contributed by atoms with van der Waals surface area (Å²) < 4.78 is 4.33. The highest BCUT2D eigenvalue weighted by atomic mass is 16.7. The molecule has 5 heteroatoms. The van der Waals surface area contributed by atoms with E-state index in [1.165, 1.54) is 19.6 Å². The van der Waals surface area contributed by atoms with E-state index < -0.39 is 6.09 Å². The molecule has 0 spiro atoms. The van der Waals surface area contributed by atoms with Crippen molar-refractivity contribution >= 4 is 6.09 Å². The highest BCUT2D eigenvalue weighted by Gasteiger charge is 2.13. The molecule has 0 atom stereocenters. The first-order chi connectivity index (χ1) is 4.34. The Kier molecular flexibility index (Phi) is 1.55. The van der Waals surface area contributed by atoms with Crippen molar-refractivity contribution < 1.29 is 14.4 Å². The number of hydrazine groups is 1. The van der Waals surface area contributed by atoms with E-state index in [4.69, 9.17) is 0 Å². The predicted molar refractivity (Wildman–Crippen MR) is 27.6 cm³/mol. The summed E-state index contributed by atoms with van der Waals surface area (Å²) in [6.07, 6.45) is 2.23. The number of carbonyl (C=O) groups is 1. The smallest absolute Gasteiger partial charge is 0.430 e. The Bertz CT molecular complexity index is 145. The van der Waals surface area contributed by atoms with Crippen molar-refractivity contribution in [1.29, 1.82) is 0 Å². The molecule has 1 N–H and O–H groups in total. The lowest BCUT2D eigenvalue weighted by Gasteiger charge is -2.08.